The minimum Gasteiger partial charge on any atom is -0.493 e. The van der Waals surface area contributed by atoms with E-state index in [0.29, 0.717) is 22.7 Å². The van der Waals surface area contributed by atoms with Crippen LogP contribution in [-0.4, -0.2) is 63.8 Å². The molecule has 0 aromatic heterocycles. The molecule has 1 aliphatic rings. The van der Waals surface area contributed by atoms with Gasteiger partial charge in [0.05, 0.1) is 14.2 Å². The monoisotopic (exact) mass is 489 g/mol. The van der Waals surface area contributed by atoms with Gasteiger partial charge in [0.15, 0.2) is 18.1 Å². The summed E-state index contributed by atoms with van der Waals surface area (Å²) < 4.78 is 15.3. The molecule has 0 saturated carbocycles. The Morgan fingerprint density at radius 2 is 1.58 bits per heavy atom. The van der Waals surface area contributed by atoms with Crippen LogP contribution in [0, 0.1) is 0 Å². The van der Waals surface area contributed by atoms with Gasteiger partial charge in [0.2, 0.25) is 0 Å². The lowest BCUT2D eigenvalue weighted by Crippen LogP contribution is -2.45. The van der Waals surface area contributed by atoms with Gasteiger partial charge in [-0.3, -0.25) is 9.69 Å². The van der Waals surface area contributed by atoms with E-state index in [1.165, 1.54) is 19.8 Å². The smallest absolute Gasteiger partial charge is 0.343 e. The predicted octanol–water partition coefficient (Wildman–Crippen LogP) is 3.82. The van der Waals surface area contributed by atoms with Crippen LogP contribution < -0.4 is 19.7 Å². The van der Waals surface area contributed by atoms with Crippen LogP contribution in [0.1, 0.15) is 15.9 Å². The van der Waals surface area contributed by atoms with E-state index in [2.05, 4.69) is 44.1 Å². The molecule has 1 N–H and O–H groups in total. The van der Waals surface area contributed by atoms with Gasteiger partial charge in [0, 0.05) is 49.7 Å². The van der Waals surface area contributed by atoms with E-state index in [4.69, 9.17) is 9.47 Å². The lowest BCUT2D eigenvalue weighted by atomic mass is 10.1. The largest absolute Gasteiger partial charge is 0.493 e. The van der Waals surface area contributed by atoms with Crippen LogP contribution in [-0.2, 0) is 16.1 Å². The minimum absolute atomic E-state index is 0.243. The van der Waals surface area contributed by atoms with Crippen LogP contribution in [0.15, 0.2) is 72.8 Å². The zero-order valence-electron chi connectivity index (χ0n) is 20.6. The fourth-order valence-corrected chi connectivity index (χ4v) is 4.09. The topological polar surface area (TPSA) is 80.3 Å². The molecule has 0 unspecified atom stereocenters. The zero-order valence-corrected chi connectivity index (χ0v) is 20.6. The molecule has 8 heteroatoms. The molecular formula is C28H31N3O5. The molecule has 0 aliphatic carbocycles. The van der Waals surface area contributed by atoms with Crippen molar-refractivity contribution < 1.29 is 23.8 Å². The molecule has 0 bridgehead atoms. The van der Waals surface area contributed by atoms with Crippen LogP contribution in [0.25, 0.3) is 0 Å². The van der Waals surface area contributed by atoms with Gasteiger partial charge < -0.3 is 24.4 Å². The highest BCUT2D eigenvalue weighted by atomic mass is 16.6. The number of amides is 1. The number of nitrogens with one attached hydrogen (secondary N) is 1. The number of hydrogen-bond donors (Lipinski definition) is 1. The Kier molecular flexibility index (Phi) is 8.41. The normalized spacial score (nSPS) is 13.7. The van der Waals surface area contributed by atoms with Crippen molar-refractivity contribution in [2.45, 2.75) is 6.54 Å². The summed E-state index contributed by atoms with van der Waals surface area (Å²) in [5.41, 5.74) is 3.60. The van der Waals surface area contributed by atoms with Crippen molar-refractivity contribution >= 4 is 23.3 Å². The number of nitrogens with zero attached hydrogens (tertiary/aromatic N) is 2. The molecule has 1 saturated heterocycles. The first-order valence-corrected chi connectivity index (χ1v) is 11.9. The Balaban J connectivity index is 1.31. The molecule has 8 nitrogen and oxygen atoms in total. The Hall–Kier alpha value is -4.04. The second-order valence-electron chi connectivity index (χ2n) is 8.48. The lowest BCUT2D eigenvalue weighted by Gasteiger charge is -2.36. The maximum absolute atomic E-state index is 12.8. The molecule has 188 valence electrons. The van der Waals surface area contributed by atoms with Gasteiger partial charge in [-0.15, -0.1) is 0 Å². The fraction of sp³-hybridized carbons (Fsp3) is 0.286. The molecule has 0 atom stereocenters. The second-order valence-corrected chi connectivity index (χ2v) is 8.48. The van der Waals surface area contributed by atoms with Crippen LogP contribution in [0.2, 0.25) is 0 Å². The van der Waals surface area contributed by atoms with Gasteiger partial charge in [-0.2, -0.15) is 0 Å². The van der Waals surface area contributed by atoms with Crippen molar-refractivity contribution in [3.8, 4) is 11.5 Å². The summed E-state index contributed by atoms with van der Waals surface area (Å²) >= 11 is 0. The van der Waals surface area contributed by atoms with E-state index < -0.39 is 5.97 Å². The highest BCUT2D eigenvalue weighted by Crippen LogP contribution is 2.29. The average molecular weight is 490 g/mol. The van der Waals surface area contributed by atoms with Crippen LogP contribution >= 0.6 is 0 Å². The van der Waals surface area contributed by atoms with E-state index in [-0.39, 0.29) is 12.5 Å². The SMILES string of the molecule is COC(=O)COc1ccc(C(=O)Nc2ccc(N3CCN(Cc4ccccc4)CC3)cc2)cc1OC. The third-order valence-electron chi connectivity index (χ3n) is 6.11. The van der Waals surface area contributed by atoms with E-state index in [1.807, 2.05) is 30.3 Å². The molecule has 1 fully saturated rings. The zero-order chi connectivity index (χ0) is 25.3. The van der Waals surface area contributed by atoms with Crippen LogP contribution in [0.4, 0.5) is 11.4 Å². The summed E-state index contributed by atoms with van der Waals surface area (Å²) in [4.78, 5) is 28.9. The Bertz CT molecular complexity index is 1160. The number of carbonyl (C=O) groups excluding carboxylic acids is 2. The summed E-state index contributed by atoms with van der Waals surface area (Å²) in [6.07, 6.45) is 0. The van der Waals surface area contributed by atoms with E-state index in [1.54, 1.807) is 18.2 Å². The maximum Gasteiger partial charge on any atom is 0.343 e. The molecule has 36 heavy (non-hydrogen) atoms. The van der Waals surface area contributed by atoms with E-state index in [0.717, 1.165) is 38.4 Å². The Morgan fingerprint density at radius 3 is 2.25 bits per heavy atom. The summed E-state index contributed by atoms with van der Waals surface area (Å²) in [5, 5.41) is 2.92. The standard InChI is InChI=1S/C28H31N3O5/c1-34-26-18-22(8-13-25(26)36-20-27(32)35-2)28(33)29-23-9-11-24(12-10-23)31-16-14-30(15-17-31)19-21-6-4-3-5-7-21/h3-13,18H,14-17,19-20H2,1-2H3,(H,29,33). The second kappa shape index (κ2) is 12.1. The molecule has 0 spiro atoms. The minimum atomic E-state index is -0.503. The summed E-state index contributed by atoms with van der Waals surface area (Å²) in [6.45, 7) is 4.67. The van der Waals surface area contributed by atoms with Crippen molar-refractivity contribution in [1.82, 2.24) is 4.90 Å². The van der Waals surface area contributed by atoms with E-state index in [9.17, 15) is 9.59 Å². The van der Waals surface area contributed by atoms with Gasteiger partial charge in [0.1, 0.15) is 0 Å². The van der Waals surface area contributed by atoms with Crippen molar-refractivity contribution in [2.24, 2.45) is 0 Å². The van der Waals surface area contributed by atoms with Crippen molar-refractivity contribution in [3.63, 3.8) is 0 Å². The maximum atomic E-state index is 12.8. The number of piperazine rings is 1. The number of methoxy groups -OCH3 is 2. The first-order valence-electron chi connectivity index (χ1n) is 11.9. The average Bonchev–Trinajstić information content (AvgIpc) is 2.93. The number of carbonyl (C=O) groups is 2. The Labute approximate surface area is 211 Å². The van der Waals surface area contributed by atoms with Gasteiger partial charge >= 0.3 is 5.97 Å². The highest BCUT2D eigenvalue weighted by molar-refractivity contribution is 6.04. The van der Waals surface area contributed by atoms with Crippen molar-refractivity contribution in [3.05, 3.63) is 83.9 Å². The van der Waals surface area contributed by atoms with Gasteiger partial charge in [-0.25, -0.2) is 4.79 Å². The molecule has 3 aromatic carbocycles. The molecule has 0 radical (unpaired) electrons. The molecule has 3 aromatic rings. The van der Waals surface area contributed by atoms with Gasteiger partial charge in [-0.05, 0) is 48.0 Å². The number of rotatable bonds is 9. The van der Waals surface area contributed by atoms with Crippen molar-refractivity contribution in [1.29, 1.82) is 0 Å². The molecule has 1 heterocycles. The van der Waals surface area contributed by atoms with Gasteiger partial charge in [0.25, 0.3) is 5.91 Å². The summed E-state index contributed by atoms with van der Waals surface area (Å²) in [6, 6.07) is 23.2. The third kappa shape index (κ3) is 6.55. The van der Waals surface area contributed by atoms with Gasteiger partial charge in [-0.1, -0.05) is 30.3 Å². The first kappa shape index (κ1) is 25.1. The molecule has 1 amide bonds. The van der Waals surface area contributed by atoms with Crippen LogP contribution in [0.3, 0.4) is 0 Å². The summed E-state index contributed by atoms with van der Waals surface area (Å²) in [7, 11) is 2.76. The number of anilines is 2. The van der Waals surface area contributed by atoms with E-state index >= 15 is 0 Å². The number of esters is 1. The lowest BCUT2D eigenvalue weighted by molar-refractivity contribution is -0.142. The summed E-state index contributed by atoms with van der Waals surface area (Å²) in [5.74, 6) is -0.0625. The predicted molar refractivity (Wildman–Crippen MR) is 139 cm³/mol. The van der Waals surface area contributed by atoms with Crippen LogP contribution in [0.5, 0.6) is 11.5 Å². The third-order valence-corrected chi connectivity index (χ3v) is 6.11. The molecule has 1 aliphatic heterocycles. The number of hydrogen-bond acceptors (Lipinski definition) is 7. The number of benzene rings is 3. The molecule has 4 rings (SSSR count). The molecular weight excluding hydrogens is 458 g/mol. The quantitative estimate of drug-likeness (QED) is 0.458. The number of ether oxygens (including phenoxy) is 3. The van der Waals surface area contributed by atoms with Crippen molar-refractivity contribution in [2.75, 3.05) is 57.2 Å². The highest BCUT2D eigenvalue weighted by Gasteiger charge is 2.18. The Morgan fingerprint density at radius 1 is 0.861 bits per heavy atom. The first-order chi connectivity index (χ1) is 17.6. The fourth-order valence-electron chi connectivity index (χ4n) is 4.09.